The van der Waals surface area contributed by atoms with E-state index in [0.717, 1.165) is 54.5 Å². The molecule has 0 unspecified atom stereocenters. The fourth-order valence-electron chi connectivity index (χ4n) is 4.09. The number of nitrogens with zero attached hydrogens (tertiary/aromatic N) is 5. The van der Waals surface area contributed by atoms with Gasteiger partial charge in [0.1, 0.15) is 11.6 Å². The number of imidazole rings is 1. The maximum Gasteiger partial charge on any atom is 0.255 e. The van der Waals surface area contributed by atoms with Gasteiger partial charge in [-0.3, -0.25) is 9.36 Å². The zero-order chi connectivity index (χ0) is 22.8. The minimum atomic E-state index is -0.502. The Labute approximate surface area is 195 Å². The van der Waals surface area contributed by atoms with Crippen molar-refractivity contribution in [1.82, 2.24) is 24.3 Å². The highest BCUT2D eigenvalue weighted by Crippen LogP contribution is 2.27. The first kappa shape index (κ1) is 21.4. The second kappa shape index (κ2) is 9.19. The van der Waals surface area contributed by atoms with E-state index in [0.29, 0.717) is 11.4 Å². The van der Waals surface area contributed by atoms with E-state index in [1.807, 2.05) is 23.1 Å². The summed E-state index contributed by atoms with van der Waals surface area (Å²) in [6, 6.07) is 11.8. The van der Waals surface area contributed by atoms with Crippen molar-refractivity contribution in [2.75, 3.05) is 11.6 Å². The van der Waals surface area contributed by atoms with E-state index < -0.39 is 11.7 Å². The number of aryl methyl sites for hydroxylation is 1. The Morgan fingerprint density at radius 3 is 2.91 bits per heavy atom. The highest BCUT2D eigenvalue weighted by molar-refractivity contribution is 7.98. The third-order valence-corrected chi connectivity index (χ3v) is 6.43. The van der Waals surface area contributed by atoms with Gasteiger partial charge in [0.15, 0.2) is 11.0 Å². The van der Waals surface area contributed by atoms with Gasteiger partial charge in [-0.2, -0.15) is 0 Å². The van der Waals surface area contributed by atoms with E-state index in [4.69, 9.17) is 0 Å². The molecule has 9 heteroatoms. The molecule has 0 fully saturated rings. The number of benzene rings is 2. The minimum Gasteiger partial charge on any atom is -0.319 e. The number of hydrogen-bond acceptors (Lipinski definition) is 5. The van der Waals surface area contributed by atoms with Crippen molar-refractivity contribution in [3.8, 4) is 17.1 Å². The summed E-state index contributed by atoms with van der Waals surface area (Å²) in [6.45, 7) is 0.843. The molecule has 0 saturated carbocycles. The Hall–Kier alpha value is -3.46. The first-order chi connectivity index (χ1) is 16.1. The topological polar surface area (TPSA) is 77.6 Å². The number of fused-ring (bicyclic) bond motifs is 1. The summed E-state index contributed by atoms with van der Waals surface area (Å²) < 4.78 is 18.6. The molecule has 0 aliphatic carbocycles. The Morgan fingerprint density at radius 1 is 1.12 bits per heavy atom. The van der Waals surface area contributed by atoms with E-state index in [-0.39, 0.29) is 5.69 Å². The fourth-order valence-corrected chi connectivity index (χ4v) is 4.62. The van der Waals surface area contributed by atoms with Crippen LogP contribution in [0.4, 0.5) is 10.1 Å². The molecule has 2 aromatic heterocycles. The maximum atomic E-state index is 14.6. The lowest BCUT2D eigenvalue weighted by Gasteiger charge is -2.11. The van der Waals surface area contributed by atoms with Crippen LogP contribution in [-0.4, -0.2) is 36.5 Å². The van der Waals surface area contributed by atoms with Crippen LogP contribution in [0.2, 0.25) is 0 Å². The number of rotatable bonds is 5. The summed E-state index contributed by atoms with van der Waals surface area (Å²) >= 11 is 1.52. The monoisotopic (exact) mass is 462 g/mol. The first-order valence-corrected chi connectivity index (χ1v) is 12.1. The average Bonchev–Trinajstić information content (AvgIpc) is 3.41. The van der Waals surface area contributed by atoms with Gasteiger partial charge in [0.25, 0.3) is 5.91 Å². The molecule has 0 atom stereocenters. The van der Waals surface area contributed by atoms with E-state index in [1.165, 1.54) is 17.8 Å². The molecule has 1 aliphatic heterocycles. The third kappa shape index (κ3) is 4.28. The maximum absolute atomic E-state index is 14.6. The van der Waals surface area contributed by atoms with E-state index in [2.05, 4.69) is 25.1 Å². The van der Waals surface area contributed by atoms with Crippen LogP contribution >= 0.6 is 11.8 Å². The predicted molar refractivity (Wildman–Crippen MR) is 126 cm³/mol. The Balaban J connectivity index is 1.42. The summed E-state index contributed by atoms with van der Waals surface area (Å²) in [7, 11) is 0. The minimum absolute atomic E-state index is 0.112. The fraction of sp³-hybridized carbons (Fsp3) is 0.250. The van der Waals surface area contributed by atoms with Crippen molar-refractivity contribution >= 4 is 23.4 Å². The van der Waals surface area contributed by atoms with Crippen LogP contribution in [-0.2, 0) is 13.0 Å². The lowest BCUT2D eigenvalue weighted by atomic mass is 10.1. The number of hydrogen-bond donors (Lipinski definition) is 1. The number of anilines is 1. The quantitative estimate of drug-likeness (QED) is 0.424. The van der Waals surface area contributed by atoms with Gasteiger partial charge in [-0.15, -0.1) is 10.2 Å². The Kier molecular flexibility index (Phi) is 5.95. The number of thioether (sulfide) groups is 1. The normalized spacial score (nSPS) is 13.4. The Morgan fingerprint density at radius 2 is 2.03 bits per heavy atom. The van der Waals surface area contributed by atoms with Crippen molar-refractivity contribution < 1.29 is 9.18 Å². The van der Waals surface area contributed by atoms with Gasteiger partial charge in [-0.05, 0) is 55.5 Å². The molecular weight excluding hydrogens is 439 g/mol. The predicted octanol–water partition coefficient (Wildman–Crippen LogP) is 4.97. The van der Waals surface area contributed by atoms with Crippen molar-refractivity contribution in [2.45, 2.75) is 37.4 Å². The van der Waals surface area contributed by atoms with Crippen molar-refractivity contribution in [3.63, 3.8) is 0 Å². The van der Waals surface area contributed by atoms with Crippen molar-refractivity contribution in [3.05, 3.63) is 72.1 Å². The summed E-state index contributed by atoms with van der Waals surface area (Å²) in [6.07, 6.45) is 9.71. The molecule has 168 valence electrons. The second-order valence-electron chi connectivity index (χ2n) is 7.89. The lowest BCUT2D eigenvalue weighted by Crippen LogP contribution is -2.14. The van der Waals surface area contributed by atoms with E-state index in [9.17, 15) is 9.18 Å². The highest BCUT2D eigenvalue weighted by atomic mass is 32.2. The molecule has 7 nitrogen and oxygen atoms in total. The summed E-state index contributed by atoms with van der Waals surface area (Å²) in [4.78, 5) is 17.3. The average molecular weight is 463 g/mol. The molecule has 2 aromatic carbocycles. The van der Waals surface area contributed by atoms with Gasteiger partial charge >= 0.3 is 0 Å². The summed E-state index contributed by atoms with van der Waals surface area (Å²) in [5.41, 5.74) is 2.07. The molecule has 5 rings (SSSR count). The molecule has 4 aromatic rings. The summed E-state index contributed by atoms with van der Waals surface area (Å²) in [5, 5.41) is 12.2. The van der Waals surface area contributed by atoms with E-state index in [1.54, 1.807) is 36.5 Å². The molecule has 1 amide bonds. The van der Waals surface area contributed by atoms with Crippen LogP contribution < -0.4 is 5.32 Å². The molecule has 33 heavy (non-hydrogen) atoms. The van der Waals surface area contributed by atoms with Crippen LogP contribution in [0, 0.1) is 5.82 Å². The molecular formula is C24H23FN6OS. The van der Waals surface area contributed by atoms with Gasteiger partial charge in [-0.25, -0.2) is 9.37 Å². The zero-order valence-electron chi connectivity index (χ0n) is 18.2. The van der Waals surface area contributed by atoms with Gasteiger partial charge < -0.3 is 9.88 Å². The second-order valence-corrected chi connectivity index (χ2v) is 8.66. The number of carbonyl (C=O) groups is 1. The summed E-state index contributed by atoms with van der Waals surface area (Å²) in [5.74, 6) is 0.768. The molecule has 0 radical (unpaired) electrons. The SMILES string of the molecule is CSc1nccn1-c1cccc(C(=O)Nc2cc(-c3nnc4n3CCCCC4)ccc2F)c1. The van der Waals surface area contributed by atoms with Crippen LogP contribution in [0.15, 0.2) is 60.0 Å². The van der Waals surface area contributed by atoms with Crippen LogP contribution in [0.3, 0.4) is 0 Å². The van der Waals surface area contributed by atoms with Gasteiger partial charge in [0.2, 0.25) is 0 Å². The molecule has 0 bridgehead atoms. The van der Waals surface area contributed by atoms with Crippen molar-refractivity contribution in [1.29, 1.82) is 0 Å². The van der Waals surface area contributed by atoms with Gasteiger partial charge in [0, 0.05) is 42.2 Å². The number of nitrogens with one attached hydrogen (secondary N) is 1. The van der Waals surface area contributed by atoms with Crippen LogP contribution in [0.25, 0.3) is 17.1 Å². The number of carbonyl (C=O) groups excluding carboxylic acids is 1. The van der Waals surface area contributed by atoms with E-state index >= 15 is 0 Å². The molecule has 0 saturated heterocycles. The standard InChI is InChI=1S/C24H23FN6OS/c1-33-24-26-11-13-30(24)18-7-5-6-17(14-18)23(32)27-20-15-16(9-10-19(20)25)22-29-28-21-8-3-2-4-12-31(21)22/h5-7,9-11,13-15H,2-4,8,12H2,1H3,(H,27,32). The van der Waals surface area contributed by atoms with Gasteiger partial charge in [0.05, 0.1) is 5.69 Å². The van der Waals surface area contributed by atoms with Crippen LogP contribution in [0.1, 0.15) is 35.4 Å². The molecule has 1 aliphatic rings. The first-order valence-electron chi connectivity index (χ1n) is 10.8. The highest BCUT2D eigenvalue weighted by Gasteiger charge is 2.18. The van der Waals surface area contributed by atoms with Gasteiger partial charge in [-0.1, -0.05) is 24.2 Å². The largest absolute Gasteiger partial charge is 0.319 e. The lowest BCUT2D eigenvalue weighted by molar-refractivity contribution is 0.102. The number of halogens is 1. The molecule has 3 heterocycles. The number of amides is 1. The molecule has 1 N–H and O–H groups in total. The molecule has 0 spiro atoms. The smallest absolute Gasteiger partial charge is 0.255 e. The van der Waals surface area contributed by atoms with Crippen LogP contribution in [0.5, 0.6) is 0 Å². The third-order valence-electron chi connectivity index (χ3n) is 5.76. The van der Waals surface area contributed by atoms with Crippen molar-refractivity contribution in [2.24, 2.45) is 0 Å². The Bertz CT molecular complexity index is 1310. The number of aromatic nitrogens is 5. The zero-order valence-corrected chi connectivity index (χ0v) is 19.0.